The third-order valence-corrected chi connectivity index (χ3v) is 3.00. The quantitative estimate of drug-likeness (QED) is 0.792. The monoisotopic (exact) mass is 247 g/mol. The fourth-order valence-corrected chi connectivity index (χ4v) is 1.90. The van der Waals surface area contributed by atoms with Gasteiger partial charge in [-0.3, -0.25) is 0 Å². The van der Waals surface area contributed by atoms with Crippen molar-refractivity contribution in [1.82, 2.24) is 4.98 Å². The standard InChI is InChI=1S/C14H21N3O/c1-9(2)7-8-10(3)16-14-17-13-11(15)5-4-6-12(13)18-14/h4-6,9-10H,7-8,15H2,1-3H3,(H,16,17). The second kappa shape index (κ2) is 5.29. The van der Waals surface area contributed by atoms with E-state index in [1.807, 2.05) is 18.2 Å². The zero-order valence-electron chi connectivity index (χ0n) is 11.2. The molecule has 1 unspecified atom stereocenters. The molecule has 0 aliphatic carbocycles. The van der Waals surface area contributed by atoms with Gasteiger partial charge in [0.25, 0.3) is 6.01 Å². The number of aromatic nitrogens is 1. The molecule has 98 valence electrons. The molecule has 0 radical (unpaired) electrons. The van der Waals surface area contributed by atoms with E-state index < -0.39 is 0 Å². The zero-order chi connectivity index (χ0) is 13.1. The third kappa shape index (κ3) is 2.94. The van der Waals surface area contributed by atoms with E-state index in [2.05, 4.69) is 31.1 Å². The van der Waals surface area contributed by atoms with Crippen LogP contribution in [0, 0.1) is 5.92 Å². The lowest BCUT2D eigenvalue weighted by Crippen LogP contribution is -2.15. The van der Waals surface area contributed by atoms with Gasteiger partial charge in [0, 0.05) is 6.04 Å². The fourth-order valence-electron chi connectivity index (χ4n) is 1.90. The minimum Gasteiger partial charge on any atom is -0.423 e. The number of para-hydroxylation sites is 1. The molecule has 0 saturated carbocycles. The van der Waals surface area contributed by atoms with Crippen LogP contribution in [0.3, 0.4) is 0 Å². The lowest BCUT2D eigenvalue weighted by Gasteiger charge is -2.12. The first-order valence-electron chi connectivity index (χ1n) is 6.48. The summed E-state index contributed by atoms with van der Waals surface area (Å²) in [6.45, 7) is 6.60. The summed E-state index contributed by atoms with van der Waals surface area (Å²) in [5.74, 6) is 0.716. The highest BCUT2D eigenvalue weighted by Gasteiger charge is 2.10. The van der Waals surface area contributed by atoms with E-state index in [9.17, 15) is 0 Å². The maximum absolute atomic E-state index is 5.85. The van der Waals surface area contributed by atoms with Gasteiger partial charge >= 0.3 is 0 Å². The van der Waals surface area contributed by atoms with E-state index in [0.717, 1.165) is 17.5 Å². The fraction of sp³-hybridized carbons (Fsp3) is 0.500. The Morgan fingerprint density at radius 2 is 2.06 bits per heavy atom. The molecule has 0 amide bonds. The van der Waals surface area contributed by atoms with E-state index in [4.69, 9.17) is 10.2 Å². The molecule has 3 N–H and O–H groups in total. The Morgan fingerprint density at radius 3 is 2.72 bits per heavy atom. The maximum atomic E-state index is 5.85. The molecular weight excluding hydrogens is 226 g/mol. The first-order chi connectivity index (χ1) is 8.56. The number of nitrogen functional groups attached to an aromatic ring is 1. The number of nitrogens with one attached hydrogen (secondary N) is 1. The average molecular weight is 247 g/mol. The number of benzene rings is 1. The molecule has 0 saturated heterocycles. The van der Waals surface area contributed by atoms with Crippen molar-refractivity contribution in [2.75, 3.05) is 11.1 Å². The summed E-state index contributed by atoms with van der Waals surface area (Å²) in [5, 5.41) is 3.28. The predicted octanol–water partition coefficient (Wildman–Crippen LogP) is 3.65. The molecule has 1 aromatic carbocycles. The van der Waals surface area contributed by atoms with Crippen LogP contribution in [-0.4, -0.2) is 11.0 Å². The average Bonchev–Trinajstić information content (AvgIpc) is 2.70. The van der Waals surface area contributed by atoms with Gasteiger partial charge in [0.15, 0.2) is 5.58 Å². The highest BCUT2D eigenvalue weighted by Crippen LogP contribution is 2.24. The Kier molecular flexibility index (Phi) is 3.75. The lowest BCUT2D eigenvalue weighted by atomic mass is 10.0. The van der Waals surface area contributed by atoms with Gasteiger partial charge in [0.1, 0.15) is 5.52 Å². The number of nitrogens with zero attached hydrogens (tertiary/aromatic N) is 1. The minimum absolute atomic E-state index is 0.349. The largest absolute Gasteiger partial charge is 0.423 e. The normalized spacial score (nSPS) is 13.1. The number of hydrogen-bond acceptors (Lipinski definition) is 4. The number of fused-ring (bicyclic) bond motifs is 1. The van der Waals surface area contributed by atoms with Crippen molar-refractivity contribution in [1.29, 1.82) is 0 Å². The molecule has 2 aromatic rings. The zero-order valence-corrected chi connectivity index (χ0v) is 11.2. The molecule has 18 heavy (non-hydrogen) atoms. The molecule has 0 aliphatic heterocycles. The Labute approximate surface area is 108 Å². The number of hydrogen-bond donors (Lipinski definition) is 2. The number of rotatable bonds is 5. The SMILES string of the molecule is CC(C)CCC(C)Nc1nc2c(N)cccc2o1. The molecule has 0 aliphatic rings. The molecular formula is C14H21N3O. The van der Waals surface area contributed by atoms with Crippen LogP contribution in [0.25, 0.3) is 11.1 Å². The summed E-state index contributed by atoms with van der Waals surface area (Å²) < 4.78 is 5.62. The van der Waals surface area contributed by atoms with Gasteiger partial charge in [-0.1, -0.05) is 19.9 Å². The molecule has 0 bridgehead atoms. The summed E-state index contributed by atoms with van der Waals surface area (Å²) in [4.78, 5) is 4.38. The second-order valence-corrected chi connectivity index (χ2v) is 5.23. The molecule has 1 atom stereocenters. The van der Waals surface area contributed by atoms with Gasteiger partial charge in [-0.25, -0.2) is 0 Å². The second-order valence-electron chi connectivity index (χ2n) is 5.23. The van der Waals surface area contributed by atoms with Crippen molar-refractivity contribution in [2.45, 2.75) is 39.7 Å². The van der Waals surface area contributed by atoms with Gasteiger partial charge in [-0.05, 0) is 37.8 Å². The Morgan fingerprint density at radius 1 is 1.28 bits per heavy atom. The molecule has 1 heterocycles. The van der Waals surface area contributed by atoms with Crippen LogP contribution >= 0.6 is 0 Å². The van der Waals surface area contributed by atoms with Crippen molar-refractivity contribution in [3.63, 3.8) is 0 Å². The van der Waals surface area contributed by atoms with Gasteiger partial charge in [0.05, 0.1) is 5.69 Å². The molecule has 1 aromatic heterocycles. The van der Waals surface area contributed by atoms with Crippen LogP contribution in [0.15, 0.2) is 22.6 Å². The Bertz CT molecular complexity index is 519. The topological polar surface area (TPSA) is 64.1 Å². The van der Waals surface area contributed by atoms with Gasteiger partial charge < -0.3 is 15.5 Å². The molecule has 0 fully saturated rings. The summed E-state index contributed by atoms with van der Waals surface area (Å²) in [7, 11) is 0. The van der Waals surface area contributed by atoms with Gasteiger partial charge in [-0.15, -0.1) is 0 Å². The van der Waals surface area contributed by atoms with Crippen molar-refractivity contribution < 1.29 is 4.42 Å². The van der Waals surface area contributed by atoms with E-state index in [0.29, 0.717) is 23.7 Å². The van der Waals surface area contributed by atoms with Crippen LogP contribution in [-0.2, 0) is 0 Å². The smallest absolute Gasteiger partial charge is 0.295 e. The highest BCUT2D eigenvalue weighted by atomic mass is 16.4. The van der Waals surface area contributed by atoms with Crippen LogP contribution in [0.5, 0.6) is 0 Å². The van der Waals surface area contributed by atoms with Gasteiger partial charge in [0.2, 0.25) is 0 Å². The van der Waals surface area contributed by atoms with E-state index in [1.165, 1.54) is 6.42 Å². The Balaban J connectivity index is 2.05. The minimum atomic E-state index is 0.349. The first kappa shape index (κ1) is 12.7. The van der Waals surface area contributed by atoms with Crippen LogP contribution < -0.4 is 11.1 Å². The van der Waals surface area contributed by atoms with Crippen molar-refractivity contribution in [2.24, 2.45) is 5.92 Å². The summed E-state index contributed by atoms with van der Waals surface area (Å²) in [6, 6.07) is 6.48. The molecule has 2 rings (SSSR count). The molecule has 0 spiro atoms. The van der Waals surface area contributed by atoms with E-state index >= 15 is 0 Å². The number of nitrogens with two attached hydrogens (primary N) is 1. The molecule has 4 nitrogen and oxygen atoms in total. The van der Waals surface area contributed by atoms with Crippen molar-refractivity contribution in [3.8, 4) is 0 Å². The number of oxazole rings is 1. The van der Waals surface area contributed by atoms with Crippen LogP contribution in [0.2, 0.25) is 0 Å². The van der Waals surface area contributed by atoms with Crippen LogP contribution in [0.4, 0.5) is 11.7 Å². The maximum Gasteiger partial charge on any atom is 0.295 e. The Hall–Kier alpha value is -1.71. The van der Waals surface area contributed by atoms with Gasteiger partial charge in [-0.2, -0.15) is 4.98 Å². The van der Waals surface area contributed by atoms with Crippen LogP contribution in [0.1, 0.15) is 33.6 Å². The lowest BCUT2D eigenvalue weighted by molar-refractivity contribution is 0.515. The van der Waals surface area contributed by atoms with E-state index in [1.54, 1.807) is 0 Å². The molecule has 4 heteroatoms. The van der Waals surface area contributed by atoms with Crippen molar-refractivity contribution >= 4 is 22.8 Å². The first-order valence-corrected chi connectivity index (χ1v) is 6.48. The third-order valence-electron chi connectivity index (χ3n) is 3.00. The summed E-state index contributed by atoms with van der Waals surface area (Å²) in [5.41, 5.74) is 7.96. The number of anilines is 2. The predicted molar refractivity (Wildman–Crippen MR) is 75.6 cm³/mol. The summed E-state index contributed by atoms with van der Waals surface area (Å²) in [6.07, 6.45) is 2.29. The van der Waals surface area contributed by atoms with E-state index in [-0.39, 0.29) is 0 Å². The van der Waals surface area contributed by atoms with Crippen molar-refractivity contribution in [3.05, 3.63) is 18.2 Å². The highest BCUT2D eigenvalue weighted by molar-refractivity contribution is 5.86. The summed E-state index contributed by atoms with van der Waals surface area (Å²) >= 11 is 0.